The number of carboxylic acid groups (broad SMARTS) is 1. The number of aromatic nitrogens is 2. The van der Waals surface area contributed by atoms with E-state index in [2.05, 4.69) is 5.10 Å². The first kappa shape index (κ1) is 15.2. The lowest BCUT2D eigenvalue weighted by molar-refractivity contribution is -0.141. The van der Waals surface area contributed by atoms with E-state index < -0.39 is 11.9 Å². The number of aliphatic carboxylic acids is 1. The molecule has 0 fully saturated rings. The summed E-state index contributed by atoms with van der Waals surface area (Å²) in [5.74, 6) is -1.81. The Morgan fingerprint density at radius 2 is 2.14 bits per heavy atom. The van der Waals surface area contributed by atoms with Gasteiger partial charge in [-0.15, -0.1) is 0 Å². The van der Waals surface area contributed by atoms with Crippen LogP contribution >= 0.6 is 0 Å². The molecule has 0 aliphatic rings. The summed E-state index contributed by atoms with van der Waals surface area (Å²) < 4.78 is 14.9. The summed E-state index contributed by atoms with van der Waals surface area (Å²) in [6.45, 7) is 2.01. The van der Waals surface area contributed by atoms with Crippen LogP contribution in [0, 0.1) is 11.7 Å². The molecule has 0 aliphatic carbocycles. The first-order valence-electron chi connectivity index (χ1n) is 6.98. The second-order valence-electron chi connectivity index (χ2n) is 5.18. The molecule has 2 aromatic rings. The molecule has 21 heavy (non-hydrogen) atoms. The van der Waals surface area contributed by atoms with Crippen LogP contribution in [0.5, 0.6) is 0 Å². The number of carboxylic acids is 1. The van der Waals surface area contributed by atoms with E-state index in [0.29, 0.717) is 18.4 Å². The SMILES string of the molecule is CCc1cc(CC(Cc2cccc(F)c2)C(=O)O)n(C)n1. The zero-order valence-corrected chi connectivity index (χ0v) is 12.2. The lowest BCUT2D eigenvalue weighted by atomic mass is 9.94. The number of hydrogen-bond acceptors (Lipinski definition) is 2. The molecule has 0 radical (unpaired) electrons. The zero-order valence-electron chi connectivity index (χ0n) is 12.2. The lowest BCUT2D eigenvalue weighted by Gasteiger charge is -2.12. The lowest BCUT2D eigenvalue weighted by Crippen LogP contribution is -2.20. The highest BCUT2D eigenvalue weighted by Crippen LogP contribution is 2.17. The van der Waals surface area contributed by atoms with Gasteiger partial charge in [0.25, 0.3) is 0 Å². The average molecular weight is 290 g/mol. The van der Waals surface area contributed by atoms with Crippen molar-refractivity contribution in [1.82, 2.24) is 9.78 Å². The third-order valence-corrected chi connectivity index (χ3v) is 3.57. The summed E-state index contributed by atoms with van der Waals surface area (Å²) in [7, 11) is 1.82. The molecular formula is C16H19FN2O2. The molecule has 0 bridgehead atoms. The number of halogens is 1. The van der Waals surface area contributed by atoms with E-state index in [-0.39, 0.29) is 5.82 Å². The van der Waals surface area contributed by atoms with Crippen molar-refractivity contribution in [1.29, 1.82) is 0 Å². The summed E-state index contributed by atoms with van der Waals surface area (Å²) >= 11 is 0. The largest absolute Gasteiger partial charge is 0.481 e. The molecule has 112 valence electrons. The monoisotopic (exact) mass is 290 g/mol. The Balaban J connectivity index is 2.15. The highest BCUT2D eigenvalue weighted by atomic mass is 19.1. The van der Waals surface area contributed by atoms with Gasteiger partial charge in [-0.2, -0.15) is 5.10 Å². The second-order valence-corrected chi connectivity index (χ2v) is 5.18. The van der Waals surface area contributed by atoms with Crippen LogP contribution in [-0.4, -0.2) is 20.9 Å². The first-order valence-corrected chi connectivity index (χ1v) is 6.98. The fourth-order valence-electron chi connectivity index (χ4n) is 2.38. The van der Waals surface area contributed by atoms with Crippen molar-refractivity contribution in [2.24, 2.45) is 13.0 Å². The van der Waals surface area contributed by atoms with Crippen molar-refractivity contribution in [2.45, 2.75) is 26.2 Å². The van der Waals surface area contributed by atoms with Crippen molar-refractivity contribution in [3.63, 3.8) is 0 Å². The standard InChI is InChI=1S/C16H19FN2O2/c1-3-14-10-15(19(2)18-14)9-12(16(20)21)7-11-5-4-6-13(17)8-11/h4-6,8,10,12H,3,7,9H2,1-2H3,(H,20,21). The van der Waals surface area contributed by atoms with E-state index in [1.807, 2.05) is 20.0 Å². The van der Waals surface area contributed by atoms with Crippen LogP contribution in [0.2, 0.25) is 0 Å². The summed E-state index contributed by atoms with van der Waals surface area (Å²) in [6, 6.07) is 8.02. The van der Waals surface area contributed by atoms with Gasteiger partial charge >= 0.3 is 5.97 Å². The maximum absolute atomic E-state index is 13.2. The summed E-state index contributed by atoms with van der Waals surface area (Å²) in [4.78, 5) is 11.5. The van der Waals surface area contributed by atoms with Crippen LogP contribution < -0.4 is 0 Å². The van der Waals surface area contributed by atoms with Crippen molar-refractivity contribution in [3.8, 4) is 0 Å². The topological polar surface area (TPSA) is 55.1 Å². The zero-order chi connectivity index (χ0) is 15.4. The molecule has 1 N–H and O–H groups in total. The predicted octanol–water partition coefficient (Wildman–Crippen LogP) is 2.61. The van der Waals surface area contributed by atoms with Crippen LogP contribution in [-0.2, 0) is 31.1 Å². The van der Waals surface area contributed by atoms with E-state index in [9.17, 15) is 14.3 Å². The van der Waals surface area contributed by atoms with E-state index in [1.165, 1.54) is 12.1 Å². The molecule has 1 heterocycles. The molecule has 5 heteroatoms. The van der Waals surface area contributed by atoms with Crippen LogP contribution in [0.15, 0.2) is 30.3 Å². The quantitative estimate of drug-likeness (QED) is 0.889. The van der Waals surface area contributed by atoms with Crippen molar-refractivity contribution in [3.05, 3.63) is 53.1 Å². The summed E-state index contributed by atoms with van der Waals surface area (Å²) in [5, 5.41) is 13.7. The third kappa shape index (κ3) is 3.90. The summed E-state index contributed by atoms with van der Waals surface area (Å²) in [6.07, 6.45) is 1.50. The number of carbonyl (C=O) groups is 1. The Kier molecular flexibility index (Phi) is 4.73. The number of hydrogen-bond donors (Lipinski definition) is 1. The minimum absolute atomic E-state index is 0.305. The van der Waals surface area contributed by atoms with E-state index in [4.69, 9.17) is 0 Å². The number of benzene rings is 1. The molecule has 4 nitrogen and oxygen atoms in total. The van der Waals surface area contributed by atoms with Crippen LogP contribution in [0.4, 0.5) is 4.39 Å². The molecule has 0 saturated carbocycles. The van der Waals surface area contributed by atoms with Gasteiger partial charge < -0.3 is 5.11 Å². The Labute approximate surface area is 123 Å². The highest BCUT2D eigenvalue weighted by molar-refractivity contribution is 5.70. The Bertz CT molecular complexity index is 637. The number of nitrogens with zero attached hydrogens (tertiary/aromatic N) is 2. The molecule has 1 aromatic heterocycles. The Morgan fingerprint density at radius 1 is 1.38 bits per heavy atom. The molecule has 1 atom stereocenters. The minimum Gasteiger partial charge on any atom is -0.481 e. The predicted molar refractivity (Wildman–Crippen MR) is 77.5 cm³/mol. The van der Waals surface area contributed by atoms with Gasteiger partial charge in [-0.3, -0.25) is 9.48 Å². The third-order valence-electron chi connectivity index (χ3n) is 3.57. The second kappa shape index (κ2) is 6.52. The number of rotatable bonds is 6. The smallest absolute Gasteiger partial charge is 0.307 e. The van der Waals surface area contributed by atoms with Gasteiger partial charge in [0, 0.05) is 19.2 Å². The van der Waals surface area contributed by atoms with E-state index in [0.717, 1.165) is 17.8 Å². The Morgan fingerprint density at radius 3 is 2.71 bits per heavy atom. The van der Waals surface area contributed by atoms with Gasteiger partial charge in [0.05, 0.1) is 11.6 Å². The maximum atomic E-state index is 13.2. The van der Waals surface area contributed by atoms with Gasteiger partial charge in [-0.25, -0.2) is 4.39 Å². The van der Waals surface area contributed by atoms with Crippen molar-refractivity contribution in [2.75, 3.05) is 0 Å². The molecule has 0 amide bonds. The molecular weight excluding hydrogens is 271 g/mol. The Hall–Kier alpha value is -2.17. The van der Waals surface area contributed by atoms with Crippen LogP contribution in [0.1, 0.15) is 23.9 Å². The fourth-order valence-corrected chi connectivity index (χ4v) is 2.38. The van der Waals surface area contributed by atoms with E-state index in [1.54, 1.807) is 16.8 Å². The molecule has 1 unspecified atom stereocenters. The van der Waals surface area contributed by atoms with Gasteiger partial charge in [-0.05, 0) is 36.6 Å². The van der Waals surface area contributed by atoms with Gasteiger partial charge in [0.15, 0.2) is 0 Å². The fraction of sp³-hybridized carbons (Fsp3) is 0.375. The highest BCUT2D eigenvalue weighted by Gasteiger charge is 2.21. The van der Waals surface area contributed by atoms with Crippen molar-refractivity contribution < 1.29 is 14.3 Å². The van der Waals surface area contributed by atoms with Crippen LogP contribution in [0.3, 0.4) is 0 Å². The van der Waals surface area contributed by atoms with Crippen molar-refractivity contribution >= 4 is 5.97 Å². The van der Waals surface area contributed by atoms with Gasteiger partial charge in [0.1, 0.15) is 5.82 Å². The normalized spacial score (nSPS) is 12.3. The molecule has 0 aliphatic heterocycles. The average Bonchev–Trinajstić information content (AvgIpc) is 2.78. The molecule has 0 saturated heterocycles. The van der Waals surface area contributed by atoms with Crippen LogP contribution in [0.25, 0.3) is 0 Å². The first-order chi connectivity index (χ1) is 9.99. The van der Waals surface area contributed by atoms with Gasteiger partial charge in [-0.1, -0.05) is 19.1 Å². The van der Waals surface area contributed by atoms with E-state index >= 15 is 0 Å². The molecule has 0 spiro atoms. The molecule has 2 rings (SSSR count). The van der Waals surface area contributed by atoms with Gasteiger partial charge in [0.2, 0.25) is 0 Å². The maximum Gasteiger partial charge on any atom is 0.307 e. The molecule has 1 aromatic carbocycles. The summed E-state index contributed by atoms with van der Waals surface area (Å²) in [5.41, 5.74) is 2.53. The minimum atomic E-state index is -0.876. The number of aryl methyl sites for hydroxylation is 2.